The molecule has 0 N–H and O–H groups in total. The molecule has 0 spiro atoms. The van der Waals surface area contributed by atoms with Crippen molar-refractivity contribution in [2.24, 2.45) is 0 Å². The van der Waals surface area contributed by atoms with Crippen LogP contribution in [-0.2, 0) is 0 Å². The first-order valence-corrected chi connectivity index (χ1v) is 17.9. The minimum Gasteiger partial charge on any atom is -0.256 e. The molecule has 51 heavy (non-hydrogen) atoms. The molecule has 4 heteroatoms. The van der Waals surface area contributed by atoms with E-state index in [4.69, 9.17) is 15.0 Å². The van der Waals surface area contributed by atoms with Gasteiger partial charge in [-0.15, -0.1) is 11.3 Å². The van der Waals surface area contributed by atoms with Crippen molar-refractivity contribution in [1.29, 1.82) is 0 Å². The van der Waals surface area contributed by atoms with E-state index in [0.717, 1.165) is 55.5 Å². The van der Waals surface area contributed by atoms with Crippen molar-refractivity contribution in [3.63, 3.8) is 0 Å². The van der Waals surface area contributed by atoms with Crippen LogP contribution in [0.15, 0.2) is 176 Å². The molecular weight excluding hydrogens is 639 g/mol. The van der Waals surface area contributed by atoms with Gasteiger partial charge in [-0.3, -0.25) is 4.98 Å². The Morgan fingerprint density at radius 3 is 1.84 bits per heavy atom. The summed E-state index contributed by atoms with van der Waals surface area (Å²) in [7, 11) is 0. The van der Waals surface area contributed by atoms with E-state index >= 15 is 0 Å². The highest BCUT2D eigenvalue weighted by Gasteiger charge is 2.18. The lowest BCUT2D eigenvalue weighted by Gasteiger charge is -2.13. The molecule has 3 aromatic heterocycles. The van der Waals surface area contributed by atoms with Gasteiger partial charge in [0.25, 0.3) is 0 Å². The van der Waals surface area contributed by atoms with Crippen LogP contribution < -0.4 is 0 Å². The van der Waals surface area contributed by atoms with Gasteiger partial charge in [-0.1, -0.05) is 133 Å². The highest BCUT2D eigenvalue weighted by atomic mass is 32.1. The normalized spacial score (nSPS) is 11.5. The van der Waals surface area contributed by atoms with Gasteiger partial charge in [0.05, 0.1) is 16.9 Å². The number of aromatic nitrogens is 3. The van der Waals surface area contributed by atoms with Gasteiger partial charge in [0.2, 0.25) is 0 Å². The lowest BCUT2D eigenvalue weighted by Crippen LogP contribution is -1.96. The van der Waals surface area contributed by atoms with E-state index in [-0.39, 0.29) is 0 Å². The second-order valence-corrected chi connectivity index (χ2v) is 13.9. The maximum atomic E-state index is 5.30. The highest BCUT2D eigenvalue weighted by Crippen LogP contribution is 2.43. The lowest BCUT2D eigenvalue weighted by molar-refractivity contribution is 1.19. The third kappa shape index (κ3) is 5.25. The van der Waals surface area contributed by atoms with Gasteiger partial charge in [0, 0.05) is 53.8 Å². The van der Waals surface area contributed by atoms with Gasteiger partial charge in [-0.2, -0.15) is 0 Å². The van der Waals surface area contributed by atoms with E-state index in [0.29, 0.717) is 5.82 Å². The Kier molecular flexibility index (Phi) is 7.00. The molecule has 0 aliphatic heterocycles. The van der Waals surface area contributed by atoms with Gasteiger partial charge >= 0.3 is 0 Å². The summed E-state index contributed by atoms with van der Waals surface area (Å²) in [5.41, 5.74) is 10.6. The van der Waals surface area contributed by atoms with E-state index in [2.05, 4.69) is 146 Å². The van der Waals surface area contributed by atoms with Gasteiger partial charge in [0.1, 0.15) is 0 Å². The molecule has 0 atom stereocenters. The Morgan fingerprint density at radius 2 is 1.02 bits per heavy atom. The van der Waals surface area contributed by atoms with Crippen molar-refractivity contribution in [1.82, 2.24) is 15.0 Å². The zero-order chi connectivity index (χ0) is 33.7. The maximum Gasteiger partial charge on any atom is 0.160 e. The summed E-state index contributed by atoms with van der Waals surface area (Å²) < 4.78 is 2.48. The zero-order valence-corrected chi connectivity index (χ0v) is 28.3. The van der Waals surface area contributed by atoms with Gasteiger partial charge < -0.3 is 0 Å². The summed E-state index contributed by atoms with van der Waals surface area (Å²) in [5, 5.41) is 5.98. The Morgan fingerprint density at radius 1 is 0.392 bits per heavy atom. The van der Waals surface area contributed by atoms with Gasteiger partial charge in [-0.05, 0) is 64.0 Å². The molecule has 0 fully saturated rings. The Hall–Kier alpha value is -6.49. The molecule has 0 radical (unpaired) electrons. The molecule has 0 saturated heterocycles. The van der Waals surface area contributed by atoms with Crippen LogP contribution in [0.5, 0.6) is 0 Å². The minimum absolute atomic E-state index is 0.707. The summed E-state index contributed by atoms with van der Waals surface area (Å²) in [6.45, 7) is 0. The Bertz CT molecular complexity index is 2900. The molecule has 238 valence electrons. The summed E-state index contributed by atoms with van der Waals surface area (Å²) in [4.78, 5) is 15.2. The fourth-order valence-electron chi connectivity index (χ4n) is 7.14. The molecule has 10 aromatic rings. The topological polar surface area (TPSA) is 38.7 Å². The van der Waals surface area contributed by atoms with E-state index in [1.807, 2.05) is 41.8 Å². The van der Waals surface area contributed by atoms with Crippen LogP contribution in [0.3, 0.4) is 0 Å². The summed E-state index contributed by atoms with van der Waals surface area (Å²) in [6.07, 6.45) is 1.96. The number of hydrogen-bond acceptors (Lipinski definition) is 4. The number of nitrogens with zero attached hydrogens (tertiary/aromatic N) is 3. The smallest absolute Gasteiger partial charge is 0.160 e. The first kappa shape index (κ1) is 29.4. The van der Waals surface area contributed by atoms with Crippen LogP contribution in [0.1, 0.15) is 0 Å². The SMILES string of the molecule is c1ccc(-c2ccc(-c3cc(-c4cc(-c5ccc6ncc7ccccc7c6c5)cc5c4sc4ccccc45)nc(-c4ccccc4)n3)cc2)cc1. The first-order chi connectivity index (χ1) is 25.2. The molecule has 0 amide bonds. The Labute approximate surface area is 299 Å². The van der Waals surface area contributed by atoms with E-state index in [1.54, 1.807) is 0 Å². The average Bonchev–Trinajstić information content (AvgIpc) is 3.59. The lowest BCUT2D eigenvalue weighted by atomic mass is 9.95. The largest absolute Gasteiger partial charge is 0.256 e. The zero-order valence-electron chi connectivity index (χ0n) is 27.5. The van der Waals surface area contributed by atoms with Crippen LogP contribution in [0.25, 0.3) is 98.0 Å². The molecule has 7 aromatic carbocycles. The van der Waals surface area contributed by atoms with Gasteiger partial charge in [0.15, 0.2) is 5.82 Å². The van der Waals surface area contributed by atoms with Crippen LogP contribution >= 0.6 is 11.3 Å². The maximum absolute atomic E-state index is 5.30. The average molecular weight is 668 g/mol. The van der Waals surface area contributed by atoms with Crippen LogP contribution in [0.4, 0.5) is 0 Å². The fourth-order valence-corrected chi connectivity index (χ4v) is 8.34. The standard InChI is InChI=1S/C47H29N3S/c1-3-11-30(12-4-1)31-19-21-32(22-20-31)43-28-44(50-47(49-43)33-13-5-2-6-14-33)41-27-36(26-40-38-17-9-10-18-45(38)51-46(40)41)34-23-24-42-39(25-34)37-16-8-7-15-35(37)29-48-42/h1-29H. The fraction of sp³-hybridized carbons (Fsp3) is 0. The number of hydrogen-bond donors (Lipinski definition) is 0. The van der Waals surface area contributed by atoms with Crippen molar-refractivity contribution in [2.45, 2.75) is 0 Å². The molecule has 0 saturated carbocycles. The van der Waals surface area contributed by atoms with Crippen molar-refractivity contribution in [3.05, 3.63) is 176 Å². The third-order valence-corrected chi connectivity index (χ3v) is 10.9. The molecule has 3 heterocycles. The minimum atomic E-state index is 0.707. The van der Waals surface area contributed by atoms with Crippen molar-refractivity contribution in [2.75, 3.05) is 0 Å². The molecular formula is C47H29N3S. The summed E-state index contributed by atoms with van der Waals surface area (Å²) in [6, 6.07) is 60.1. The Balaban J connectivity index is 1.20. The third-order valence-electron chi connectivity index (χ3n) is 9.72. The number of fused-ring (bicyclic) bond motifs is 6. The molecule has 3 nitrogen and oxygen atoms in total. The van der Waals surface area contributed by atoms with Crippen molar-refractivity contribution < 1.29 is 0 Å². The highest BCUT2D eigenvalue weighted by molar-refractivity contribution is 7.26. The van der Waals surface area contributed by atoms with E-state index < -0.39 is 0 Å². The second-order valence-electron chi connectivity index (χ2n) is 12.8. The number of rotatable bonds is 5. The van der Waals surface area contributed by atoms with E-state index in [1.165, 1.54) is 36.7 Å². The number of benzene rings is 7. The number of thiophene rings is 1. The van der Waals surface area contributed by atoms with Crippen molar-refractivity contribution in [3.8, 4) is 56.2 Å². The van der Waals surface area contributed by atoms with Crippen LogP contribution in [0, 0.1) is 0 Å². The van der Waals surface area contributed by atoms with Crippen LogP contribution in [-0.4, -0.2) is 15.0 Å². The monoisotopic (exact) mass is 667 g/mol. The molecule has 0 aliphatic rings. The van der Waals surface area contributed by atoms with Crippen LogP contribution in [0.2, 0.25) is 0 Å². The molecule has 0 aliphatic carbocycles. The second kappa shape index (κ2) is 12.1. The molecule has 0 bridgehead atoms. The number of pyridine rings is 1. The summed E-state index contributed by atoms with van der Waals surface area (Å²) >= 11 is 1.82. The quantitative estimate of drug-likeness (QED) is 0.171. The van der Waals surface area contributed by atoms with Crippen molar-refractivity contribution >= 4 is 53.2 Å². The summed E-state index contributed by atoms with van der Waals surface area (Å²) in [5.74, 6) is 0.707. The van der Waals surface area contributed by atoms with Gasteiger partial charge in [-0.25, -0.2) is 9.97 Å². The first-order valence-electron chi connectivity index (χ1n) is 17.1. The predicted molar refractivity (Wildman–Crippen MR) is 215 cm³/mol. The predicted octanol–water partition coefficient (Wildman–Crippen LogP) is 12.9. The molecule has 0 unspecified atom stereocenters. The van der Waals surface area contributed by atoms with E-state index in [9.17, 15) is 0 Å². The molecule has 10 rings (SSSR count).